The van der Waals surface area contributed by atoms with E-state index < -0.39 is 6.10 Å². The minimum atomic E-state index is -0.782. The number of amides is 1. The number of benzene rings is 1. The van der Waals surface area contributed by atoms with Crippen LogP contribution in [-0.4, -0.2) is 32.0 Å². The SMILES string of the molecule is C[C@@H](Oc1nn(-c2ccccc2)cc1Cl)C(=O)Nc1nncs1. The lowest BCUT2D eigenvalue weighted by Crippen LogP contribution is -2.30. The molecule has 7 nitrogen and oxygen atoms in total. The van der Waals surface area contributed by atoms with Gasteiger partial charge in [0.1, 0.15) is 10.5 Å². The van der Waals surface area contributed by atoms with Crippen LogP contribution in [0.2, 0.25) is 5.02 Å². The van der Waals surface area contributed by atoms with Crippen molar-refractivity contribution in [1.82, 2.24) is 20.0 Å². The highest BCUT2D eigenvalue weighted by atomic mass is 35.5. The number of aromatic nitrogens is 4. The maximum Gasteiger partial charge on any atom is 0.267 e. The van der Waals surface area contributed by atoms with Crippen molar-refractivity contribution in [3.8, 4) is 11.6 Å². The highest BCUT2D eigenvalue weighted by Crippen LogP contribution is 2.25. The Hall–Kier alpha value is -2.45. The normalized spacial score (nSPS) is 11.9. The average molecular weight is 350 g/mol. The first-order valence-corrected chi connectivity index (χ1v) is 7.93. The zero-order chi connectivity index (χ0) is 16.2. The molecule has 0 aliphatic heterocycles. The van der Waals surface area contributed by atoms with Crippen LogP contribution in [0.5, 0.6) is 5.88 Å². The molecule has 0 radical (unpaired) electrons. The number of nitrogens with one attached hydrogen (secondary N) is 1. The summed E-state index contributed by atoms with van der Waals surface area (Å²) in [6.45, 7) is 1.61. The van der Waals surface area contributed by atoms with Crippen molar-refractivity contribution < 1.29 is 9.53 Å². The number of ether oxygens (including phenoxy) is 1. The monoisotopic (exact) mass is 349 g/mol. The minimum absolute atomic E-state index is 0.190. The Morgan fingerprint density at radius 3 is 2.87 bits per heavy atom. The predicted molar refractivity (Wildman–Crippen MR) is 87.2 cm³/mol. The fourth-order valence-electron chi connectivity index (χ4n) is 1.79. The summed E-state index contributed by atoms with van der Waals surface area (Å²) in [6.07, 6.45) is 0.845. The molecule has 0 aliphatic rings. The molecule has 3 rings (SSSR count). The van der Waals surface area contributed by atoms with Crippen LogP contribution in [0, 0.1) is 0 Å². The molecule has 0 spiro atoms. The average Bonchev–Trinajstić information content (AvgIpc) is 3.18. The van der Waals surface area contributed by atoms with Crippen molar-refractivity contribution in [3.63, 3.8) is 0 Å². The first-order chi connectivity index (χ1) is 11.1. The number of nitrogens with zero attached hydrogens (tertiary/aromatic N) is 4. The van der Waals surface area contributed by atoms with E-state index in [0.717, 1.165) is 5.69 Å². The van der Waals surface area contributed by atoms with E-state index in [1.807, 2.05) is 30.3 Å². The predicted octanol–water partition coefficient (Wildman–Crippen LogP) is 2.78. The summed E-state index contributed by atoms with van der Waals surface area (Å²) in [5.41, 5.74) is 2.37. The first-order valence-electron chi connectivity index (χ1n) is 6.68. The van der Waals surface area contributed by atoms with Crippen molar-refractivity contribution in [2.75, 3.05) is 5.32 Å². The molecule has 0 saturated carbocycles. The minimum Gasteiger partial charge on any atom is -0.462 e. The molecule has 0 bridgehead atoms. The first kappa shape index (κ1) is 15.4. The summed E-state index contributed by atoms with van der Waals surface area (Å²) in [4.78, 5) is 12.0. The molecule has 2 aromatic heterocycles. The second-order valence-electron chi connectivity index (χ2n) is 4.56. The van der Waals surface area contributed by atoms with Gasteiger partial charge in [-0.25, -0.2) is 4.68 Å². The van der Waals surface area contributed by atoms with E-state index in [0.29, 0.717) is 10.2 Å². The van der Waals surface area contributed by atoms with E-state index in [1.54, 1.807) is 17.8 Å². The molecule has 1 atom stereocenters. The van der Waals surface area contributed by atoms with Crippen LogP contribution in [0.4, 0.5) is 5.13 Å². The van der Waals surface area contributed by atoms with Gasteiger partial charge in [-0.05, 0) is 19.1 Å². The Morgan fingerprint density at radius 2 is 2.17 bits per heavy atom. The third kappa shape index (κ3) is 3.66. The van der Waals surface area contributed by atoms with Gasteiger partial charge in [0, 0.05) is 0 Å². The lowest BCUT2D eigenvalue weighted by molar-refractivity contribution is -0.122. The number of hydrogen-bond acceptors (Lipinski definition) is 6. The molecular weight excluding hydrogens is 338 g/mol. The summed E-state index contributed by atoms with van der Waals surface area (Å²) in [6, 6.07) is 9.47. The Labute approximate surface area is 140 Å². The fraction of sp³-hybridized carbons (Fsp3) is 0.143. The van der Waals surface area contributed by atoms with Crippen molar-refractivity contribution in [1.29, 1.82) is 0 Å². The van der Waals surface area contributed by atoms with Gasteiger partial charge in [-0.1, -0.05) is 41.1 Å². The van der Waals surface area contributed by atoms with Crippen LogP contribution in [0.1, 0.15) is 6.92 Å². The van der Waals surface area contributed by atoms with Gasteiger partial charge >= 0.3 is 0 Å². The van der Waals surface area contributed by atoms with Crippen LogP contribution in [-0.2, 0) is 4.79 Å². The van der Waals surface area contributed by atoms with Crippen LogP contribution < -0.4 is 10.1 Å². The van der Waals surface area contributed by atoms with E-state index in [9.17, 15) is 4.79 Å². The highest BCUT2D eigenvalue weighted by Gasteiger charge is 2.19. The molecule has 3 aromatic rings. The topological polar surface area (TPSA) is 81.9 Å². The van der Waals surface area contributed by atoms with Gasteiger partial charge < -0.3 is 4.74 Å². The molecule has 0 saturated heterocycles. The number of anilines is 1. The second-order valence-corrected chi connectivity index (χ2v) is 5.80. The fourth-order valence-corrected chi connectivity index (χ4v) is 2.41. The summed E-state index contributed by atoms with van der Waals surface area (Å²) < 4.78 is 7.13. The third-order valence-corrected chi connectivity index (χ3v) is 3.77. The van der Waals surface area contributed by atoms with Crippen molar-refractivity contribution >= 4 is 34.0 Å². The van der Waals surface area contributed by atoms with Gasteiger partial charge in [0.05, 0.1) is 11.9 Å². The highest BCUT2D eigenvalue weighted by molar-refractivity contribution is 7.13. The summed E-state index contributed by atoms with van der Waals surface area (Å²) in [5, 5.41) is 15.0. The van der Waals surface area contributed by atoms with Gasteiger partial charge in [-0.2, -0.15) is 0 Å². The number of carbonyl (C=O) groups is 1. The van der Waals surface area contributed by atoms with Crippen LogP contribution in [0.25, 0.3) is 5.69 Å². The van der Waals surface area contributed by atoms with Crippen LogP contribution >= 0.6 is 22.9 Å². The molecular formula is C14H12ClN5O2S. The van der Waals surface area contributed by atoms with E-state index in [4.69, 9.17) is 16.3 Å². The molecule has 0 unspecified atom stereocenters. The molecule has 2 heterocycles. The maximum atomic E-state index is 12.0. The van der Waals surface area contributed by atoms with Gasteiger partial charge in [0.2, 0.25) is 5.13 Å². The molecule has 9 heteroatoms. The number of rotatable bonds is 5. The number of carbonyl (C=O) groups excluding carboxylic acids is 1. The molecule has 23 heavy (non-hydrogen) atoms. The Balaban J connectivity index is 1.70. The molecule has 1 aromatic carbocycles. The van der Waals surface area contributed by atoms with Crippen molar-refractivity contribution in [2.45, 2.75) is 13.0 Å². The van der Waals surface area contributed by atoms with Crippen LogP contribution in [0.15, 0.2) is 42.0 Å². The second kappa shape index (κ2) is 6.76. The molecule has 0 aliphatic carbocycles. The molecule has 118 valence electrons. The standard InChI is InChI=1S/C14H12ClN5O2S/c1-9(12(21)17-14-18-16-8-23-14)22-13-11(15)7-20(19-13)10-5-3-2-4-6-10/h2-9H,1H3,(H,17,18,21)/t9-/m1/s1. The van der Waals surface area contributed by atoms with Crippen molar-refractivity contribution in [3.05, 3.63) is 47.1 Å². The number of hydrogen-bond donors (Lipinski definition) is 1. The maximum absolute atomic E-state index is 12.0. The zero-order valence-corrected chi connectivity index (χ0v) is 13.6. The van der Waals surface area contributed by atoms with Crippen molar-refractivity contribution in [2.24, 2.45) is 0 Å². The number of halogens is 1. The smallest absolute Gasteiger partial charge is 0.267 e. The van der Waals surface area contributed by atoms with Gasteiger partial charge in [-0.15, -0.1) is 15.3 Å². The van der Waals surface area contributed by atoms with Gasteiger partial charge in [0.25, 0.3) is 11.8 Å². The van der Waals surface area contributed by atoms with E-state index in [-0.39, 0.29) is 11.8 Å². The van der Waals surface area contributed by atoms with E-state index >= 15 is 0 Å². The lowest BCUT2D eigenvalue weighted by atomic mass is 10.3. The largest absolute Gasteiger partial charge is 0.462 e. The Kier molecular flexibility index (Phi) is 4.54. The third-order valence-electron chi connectivity index (χ3n) is 2.91. The summed E-state index contributed by atoms with van der Waals surface area (Å²) in [7, 11) is 0. The zero-order valence-electron chi connectivity index (χ0n) is 12.0. The molecule has 0 fully saturated rings. The number of para-hydroxylation sites is 1. The Morgan fingerprint density at radius 1 is 1.39 bits per heavy atom. The molecule has 1 amide bonds. The van der Waals surface area contributed by atoms with Gasteiger partial charge in [0.15, 0.2) is 6.10 Å². The molecule has 1 N–H and O–H groups in total. The van der Waals surface area contributed by atoms with Gasteiger partial charge in [-0.3, -0.25) is 10.1 Å². The summed E-state index contributed by atoms with van der Waals surface area (Å²) >= 11 is 7.35. The van der Waals surface area contributed by atoms with E-state index in [2.05, 4.69) is 20.6 Å². The van der Waals surface area contributed by atoms with E-state index in [1.165, 1.54) is 16.8 Å². The Bertz CT molecular complexity index is 791. The van der Waals surface area contributed by atoms with Crippen LogP contribution in [0.3, 0.4) is 0 Å². The lowest BCUT2D eigenvalue weighted by Gasteiger charge is -2.11. The quantitative estimate of drug-likeness (QED) is 0.766. The summed E-state index contributed by atoms with van der Waals surface area (Å²) in [5.74, 6) is -0.164.